The van der Waals surface area contributed by atoms with Gasteiger partial charge in [-0.25, -0.2) is 0 Å². The molecule has 1 aromatic carbocycles. The summed E-state index contributed by atoms with van der Waals surface area (Å²) in [5.41, 5.74) is 2.41. The smallest absolute Gasteiger partial charge is 0.0651 e. The van der Waals surface area contributed by atoms with Gasteiger partial charge >= 0.3 is 0 Å². The fourth-order valence-electron chi connectivity index (χ4n) is 4.04. The normalized spacial score (nSPS) is 21.7. The zero-order valence-electron chi connectivity index (χ0n) is 15.0. The highest BCUT2D eigenvalue weighted by Crippen LogP contribution is 2.31. The number of ether oxygens (including phenoxy) is 1. The maximum atomic E-state index is 10.6. The molecule has 0 bridgehead atoms. The molecule has 24 heavy (non-hydrogen) atoms. The Labute approximate surface area is 147 Å². The highest BCUT2D eigenvalue weighted by atomic mass is 16.5. The standard InChI is InChI=1S/C21H33NO2/c23-21(11-2-1-3-12-21)13-10-20-8-6-19(7-9-20)5-4-14-22-15-17-24-18-16-22/h6-9,23H,1-5,10-18H2. The summed E-state index contributed by atoms with van der Waals surface area (Å²) >= 11 is 0. The van der Waals surface area contributed by atoms with E-state index in [2.05, 4.69) is 29.2 Å². The van der Waals surface area contributed by atoms with E-state index in [0.29, 0.717) is 0 Å². The van der Waals surface area contributed by atoms with E-state index < -0.39 is 5.60 Å². The van der Waals surface area contributed by atoms with Crippen LogP contribution in [-0.2, 0) is 17.6 Å². The first-order valence-electron chi connectivity index (χ1n) is 9.84. The zero-order valence-corrected chi connectivity index (χ0v) is 15.0. The highest BCUT2D eigenvalue weighted by molar-refractivity contribution is 5.23. The Kier molecular flexibility index (Phi) is 6.70. The Hall–Kier alpha value is -0.900. The first kappa shape index (κ1) is 17.9. The molecule has 0 unspecified atom stereocenters. The van der Waals surface area contributed by atoms with Gasteiger partial charge in [-0.2, -0.15) is 0 Å². The lowest BCUT2D eigenvalue weighted by Crippen LogP contribution is -2.36. The first-order chi connectivity index (χ1) is 11.7. The average molecular weight is 332 g/mol. The minimum absolute atomic E-state index is 0.394. The summed E-state index contributed by atoms with van der Waals surface area (Å²) in [5.74, 6) is 0. The van der Waals surface area contributed by atoms with Crippen LogP contribution in [0.4, 0.5) is 0 Å². The van der Waals surface area contributed by atoms with Crippen LogP contribution in [0.5, 0.6) is 0 Å². The summed E-state index contributed by atoms with van der Waals surface area (Å²) in [6, 6.07) is 9.08. The Bertz CT molecular complexity index is 473. The Morgan fingerprint density at radius 3 is 2.21 bits per heavy atom. The number of hydrogen-bond donors (Lipinski definition) is 1. The molecule has 1 aliphatic carbocycles. The maximum absolute atomic E-state index is 10.6. The number of morpholine rings is 1. The third-order valence-corrected chi connectivity index (χ3v) is 5.73. The van der Waals surface area contributed by atoms with Crippen molar-refractivity contribution in [2.24, 2.45) is 0 Å². The van der Waals surface area contributed by atoms with Crippen molar-refractivity contribution in [1.82, 2.24) is 4.90 Å². The van der Waals surface area contributed by atoms with Gasteiger partial charge in [0.1, 0.15) is 0 Å². The molecule has 0 aromatic heterocycles. The number of benzene rings is 1. The van der Waals surface area contributed by atoms with Crippen molar-refractivity contribution in [3.63, 3.8) is 0 Å². The van der Waals surface area contributed by atoms with Crippen LogP contribution in [0.2, 0.25) is 0 Å². The second kappa shape index (κ2) is 8.98. The third kappa shape index (κ3) is 5.58. The van der Waals surface area contributed by atoms with Gasteiger partial charge in [0, 0.05) is 13.1 Å². The topological polar surface area (TPSA) is 32.7 Å². The Balaban J connectivity index is 1.38. The van der Waals surface area contributed by atoms with Crippen LogP contribution < -0.4 is 0 Å². The molecule has 0 radical (unpaired) electrons. The van der Waals surface area contributed by atoms with E-state index in [0.717, 1.165) is 58.4 Å². The molecular formula is C21H33NO2. The van der Waals surface area contributed by atoms with Crippen LogP contribution in [0.25, 0.3) is 0 Å². The summed E-state index contributed by atoms with van der Waals surface area (Å²) in [5, 5.41) is 10.6. The van der Waals surface area contributed by atoms with Crippen molar-refractivity contribution < 1.29 is 9.84 Å². The molecule has 1 aliphatic heterocycles. The molecule has 2 aliphatic rings. The number of aliphatic hydroxyl groups is 1. The Morgan fingerprint density at radius 2 is 1.54 bits per heavy atom. The first-order valence-corrected chi connectivity index (χ1v) is 9.84. The predicted octanol–water partition coefficient (Wildman–Crippen LogP) is 3.58. The monoisotopic (exact) mass is 331 g/mol. The van der Waals surface area contributed by atoms with Crippen molar-refractivity contribution >= 4 is 0 Å². The summed E-state index contributed by atoms with van der Waals surface area (Å²) in [6.07, 6.45) is 9.96. The number of aryl methyl sites for hydroxylation is 2. The second-order valence-corrected chi connectivity index (χ2v) is 7.66. The van der Waals surface area contributed by atoms with Gasteiger partial charge in [0.15, 0.2) is 0 Å². The molecule has 1 saturated heterocycles. The minimum atomic E-state index is -0.394. The molecule has 134 valence electrons. The van der Waals surface area contributed by atoms with Crippen LogP contribution in [0, 0.1) is 0 Å². The predicted molar refractivity (Wildman–Crippen MR) is 98.4 cm³/mol. The molecule has 0 spiro atoms. The summed E-state index contributed by atoms with van der Waals surface area (Å²) in [6.45, 7) is 5.13. The maximum Gasteiger partial charge on any atom is 0.0651 e. The van der Waals surface area contributed by atoms with E-state index in [1.165, 1.54) is 43.4 Å². The van der Waals surface area contributed by atoms with E-state index >= 15 is 0 Å². The van der Waals surface area contributed by atoms with E-state index in [9.17, 15) is 5.11 Å². The van der Waals surface area contributed by atoms with Gasteiger partial charge in [-0.1, -0.05) is 43.5 Å². The van der Waals surface area contributed by atoms with Crippen molar-refractivity contribution in [1.29, 1.82) is 0 Å². The molecule has 1 saturated carbocycles. The van der Waals surface area contributed by atoms with Gasteiger partial charge in [-0.15, -0.1) is 0 Å². The lowest BCUT2D eigenvalue weighted by atomic mass is 9.81. The van der Waals surface area contributed by atoms with E-state index in [1.54, 1.807) is 0 Å². The molecule has 0 amide bonds. The molecular weight excluding hydrogens is 298 g/mol. The van der Waals surface area contributed by atoms with Crippen molar-refractivity contribution in [2.45, 2.75) is 63.4 Å². The molecule has 0 atom stereocenters. The average Bonchev–Trinajstić information content (AvgIpc) is 2.63. The van der Waals surface area contributed by atoms with E-state index in [-0.39, 0.29) is 0 Å². The van der Waals surface area contributed by atoms with Crippen molar-refractivity contribution in [3.05, 3.63) is 35.4 Å². The van der Waals surface area contributed by atoms with Gasteiger partial charge in [0.25, 0.3) is 0 Å². The van der Waals surface area contributed by atoms with Crippen LogP contribution in [0.1, 0.15) is 56.1 Å². The zero-order chi connectivity index (χ0) is 16.7. The minimum Gasteiger partial charge on any atom is -0.390 e. The lowest BCUT2D eigenvalue weighted by molar-refractivity contribution is -0.00341. The van der Waals surface area contributed by atoms with Crippen LogP contribution in [0.15, 0.2) is 24.3 Å². The molecule has 3 nitrogen and oxygen atoms in total. The molecule has 3 rings (SSSR count). The van der Waals surface area contributed by atoms with Crippen LogP contribution in [0.3, 0.4) is 0 Å². The number of nitrogens with zero attached hydrogens (tertiary/aromatic N) is 1. The molecule has 1 N–H and O–H groups in total. The van der Waals surface area contributed by atoms with Gasteiger partial charge in [-0.05, 0) is 56.2 Å². The van der Waals surface area contributed by atoms with Crippen molar-refractivity contribution in [2.75, 3.05) is 32.8 Å². The quantitative estimate of drug-likeness (QED) is 0.829. The molecule has 2 fully saturated rings. The summed E-state index contributed by atoms with van der Waals surface area (Å²) < 4.78 is 5.39. The highest BCUT2D eigenvalue weighted by Gasteiger charge is 2.28. The number of hydrogen-bond acceptors (Lipinski definition) is 3. The molecule has 1 aromatic rings. The third-order valence-electron chi connectivity index (χ3n) is 5.73. The fraction of sp³-hybridized carbons (Fsp3) is 0.714. The van der Waals surface area contributed by atoms with Crippen LogP contribution in [-0.4, -0.2) is 48.5 Å². The lowest BCUT2D eigenvalue weighted by Gasteiger charge is -2.32. The Morgan fingerprint density at radius 1 is 0.917 bits per heavy atom. The summed E-state index contributed by atoms with van der Waals surface area (Å²) in [7, 11) is 0. The van der Waals surface area contributed by atoms with E-state index in [1.807, 2.05) is 0 Å². The van der Waals surface area contributed by atoms with Gasteiger partial charge in [0.05, 0.1) is 18.8 Å². The van der Waals surface area contributed by atoms with Crippen LogP contribution >= 0.6 is 0 Å². The van der Waals surface area contributed by atoms with Gasteiger partial charge in [0.2, 0.25) is 0 Å². The molecule has 3 heteroatoms. The van der Waals surface area contributed by atoms with Gasteiger partial charge in [-0.3, -0.25) is 4.90 Å². The summed E-state index contributed by atoms with van der Waals surface area (Å²) in [4.78, 5) is 2.50. The van der Waals surface area contributed by atoms with Crippen molar-refractivity contribution in [3.8, 4) is 0 Å². The largest absolute Gasteiger partial charge is 0.390 e. The number of rotatable bonds is 7. The SMILES string of the molecule is OC1(CCc2ccc(CCCN3CCOCC3)cc2)CCCCC1. The second-order valence-electron chi connectivity index (χ2n) is 7.66. The fourth-order valence-corrected chi connectivity index (χ4v) is 4.04. The molecule has 1 heterocycles. The van der Waals surface area contributed by atoms with E-state index in [4.69, 9.17) is 4.74 Å². The van der Waals surface area contributed by atoms with Gasteiger partial charge < -0.3 is 9.84 Å².